The Labute approximate surface area is 119 Å². The fourth-order valence-corrected chi connectivity index (χ4v) is 2.19. The molecule has 0 bridgehead atoms. The summed E-state index contributed by atoms with van der Waals surface area (Å²) in [5.41, 5.74) is 3.47. The Balaban J connectivity index is 2.00. The van der Waals surface area contributed by atoms with Crippen LogP contribution in [0.5, 0.6) is 11.5 Å². The SMILES string of the molecule is Cc1ccc(O)c(-c2nc(C)ccc2OCC2CC2)c1. The van der Waals surface area contributed by atoms with Gasteiger partial charge < -0.3 is 9.84 Å². The van der Waals surface area contributed by atoms with Gasteiger partial charge in [0.05, 0.1) is 6.61 Å². The fraction of sp³-hybridized carbons (Fsp3) is 0.353. The van der Waals surface area contributed by atoms with Gasteiger partial charge in [0.2, 0.25) is 0 Å². The van der Waals surface area contributed by atoms with Crippen molar-refractivity contribution in [2.75, 3.05) is 6.61 Å². The highest BCUT2D eigenvalue weighted by Gasteiger charge is 2.23. The molecule has 1 aliphatic rings. The molecule has 1 fully saturated rings. The number of aromatic hydroxyl groups is 1. The number of hydrogen-bond acceptors (Lipinski definition) is 3. The zero-order chi connectivity index (χ0) is 14.1. The minimum absolute atomic E-state index is 0.241. The highest BCUT2D eigenvalue weighted by atomic mass is 16.5. The van der Waals surface area contributed by atoms with Gasteiger partial charge in [-0.2, -0.15) is 0 Å². The third kappa shape index (κ3) is 2.77. The second-order valence-electron chi connectivity index (χ2n) is 5.57. The Bertz CT molecular complexity index is 633. The number of pyridine rings is 1. The van der Waals surface area contributed by atoms with Crippen LogP contribution in [0.15, 0.2) is 30.3 Å². The molecule has 2 aromatic rings. The summed E-state index contributed by atoms with van der Waals surface area (Å²) in [6, 6.07) is 9.43. The average molecular weight is 269 g/mol. The zero-order valence-corrected chi connectivity index (χ0v) is 11.9. The minimum atomic E-state index is 0.241. The second kappa shape index (κ2) is 5.16. The smallest absolute Gasteiger partial charge is 0.145 e. The maximum absolute atomic E-state index is 10.1. The predicted octanol–water partition coefficient (Wildman–Crippen LogP) is 3.86. The molecule has 0 amide bonds. The van der Waals surface area contributed by atoms with Crippen LogP contribution in [0.2, 0.25) is 0 Å². The van der Waals surface area contributed by atoms with Crippen molar-refractivity contribution >= 4 is 0 Å². The number of aryl methyl sites for hydroxylation is 2. The van der Waals surface area contributed by atoms with Gasteiger partial charge in [-0.25, -0.2) is 4.98 Å². The topological polar surface area (TPSA) is 42.4 Å². The molecule has 3 rings (SSSR count). The summed E-state index contributed by atoms with van der Waals surface area (Å²) in [6.45, 7) is 4.69. The lowest BCUT2D eigenvalue weighted by Crippen LogP contribution is -2.02. The highest BCUT2D eigenvalue weighted by molar-refractivity contribution is 5.72. The van der Waals surface area contributed by atoms with Gasteiger partial charge in [-0.1, -0.05) is 11.6 Å². The lowest BCUT2D eigenvalue weighted by atomic mass is 10.1. The van der Waals surface area contributed by atoms with Gasteiger partial charge >= 0.3 is 0 Å². The van der Waals surface area contributed by atoms with E-state index in [1.165, 1.54) is 12.8 Å². The van der Waals surface area contributed by atoms with E-state index in [0.717, 1.165) is 34.9 Å². The fourth-order valence-electron chi connectivity index (χ4n) is 2.19. The van der Waals surface area contributed by atoms with E-state index >= 15 is 0 Å². The van der Waals surface area contributed by atoms with E-state index in [4.69, 9.17) is 4.74 Å². The normalized spacial score (nSPS) is 14.3. The summed E-state index contributed by atoms with van der Waals surface area (Å²) >= 11 is 0. The zero-order valence-electron chi connectivity index (χ0n) is 11.9. The van der Waals surface area contributed by atoms with Gasteiger partial charge in [-0.3, -0.25) is 0 Å². The van der Waals surface area contributed by atoms with E-state index in [1.54, 1.807) is 6.07 Å². The van der Waals surface area contributed by atoms with Gasteiger partial charge in [0, 0.05) is 11.3 Å². The summed E-state index contributed by atoms with van der Waals surface area (Å²) in [6.07, 6.45) is 2.51. The van der Waals surface area contributed by atoms with Crippen LogP contribution in [-0.2, 0) is 0 Å². The number of phenolic OH excluding ortho intramolecular Hbond substituents is 1. The van der Waals surface area contributed by atoms with E-state index in [1.807, 2.05) is 38.1 Å². The molecule has 20 heavy (non-hydrogen) atoms. The third-order valence-corrected chi connectivity index (χ3v) is 3.58. The molecule has 0 aliphatic heterocycles. The van der Waals surface area contributed by atoms with Crippen molar-refractivity contribution in [3.8, 4) is 22.8 Å². The predicted molar refractivity (Wildman–Crippen MR) is 79.0 cm³/mol. The summed E-state index contributed by atoms with van der Waals surface area (Å²) in [5, 5.41) is 10.1. The third-order valence-electron chi connectivity index (χ3n) is 3.58. The van der Waals surface area contributed by atoms with Crippen LogP contribution in [0.3, 0.4) is 0 Å². The van der Waals surface area contributed by atoms with Crippen molar-refractivity contribution in [2.45, 2.75) is 26.7 Å². The molecule has 0 spiro atoms. The van der Waals surface area contributed by atoms with E-state index in [9.17, 15) is 5.11 Å². The Hall–Kier alpha value is -2.03. The number of benzene rings is 1. The first-order valence-electron chi connectivity index (χ1n) is 7.04. The number of rotatable bonds is 4. The van der Waals surface area contributed by atoms with Crippen molar-refractivity contribution in [3.63, 3.8) is 0 Å². The quantitative estimate of drug-likeness (QED) is 0.916. The Morgan fingerprint density at radius 1 is 1.20 bits per heavy atom. The van der Waals surface area contributed by atoms with Crippen molar-refractivity contribution in [1.29, 1.82) is 0 Å². The molecule has 3 nitrogen and oxygen atoms in total. The summed E-state index contributed by atoms with van der Waals surface area (Å²) < 4.78 is 5.89. The van der Waals surface area contributed by atoms with Crippen LogP contribution in [0.25, 0.3) is 11.3 Å². The molecule has 104 valence electrons. The molecule has 3 heteroatoms. The van der Waals surface area contributed by atoms with E-state index < -0.39 is 0 Å². The van der Waals surface area contributed by atoms with Gasteiger partial charge in [0.25, 0.3) is 0 Å². The lowest BCUT2D eigenvalue weighted by Gasteiger charge is -2.13. The number of ether oxygens (including phenoxy) is 1. The molecule has 1 heterocycles. The summed E-state index contributed by atoms with van der Waals surface area (Å²) in [4.78, 5) is 4.56. The molecule has 1 aromatic heterocycles. The van der Waals surface area contributed by atoms with Crippen LogP contribution < -0.4 is 4.74 Å². The maximum Gasteiger partial charge on any atom is 0.145 e. The Morgan fingerprint density at radius 2 is 2.00 bits per heavy atom. The average Bonchev–Trinajstić information content (AvgIpc) is 3.24. The molecule has 1 aromatic carbocycles. The van der Waals surface area contributed by atoms with Crippen LogP contribution >= 0.6 is 0 Å². The summed E-state index contributed by atoms with van der Waals surface area (Å²) in [7, 11) is 0. The van der Waals surface area contributed by atoms with Gasteiger partial charge in [0.15, 0.2) is 0 Å². The standard InChI is InChI=1S/C17H19NO2/c1-11-3-7-15(19)14(9-11)17-16(8-4-12(2)18-17)20-10-13-5-6-13/h3-4,7-9,13,19H,5-6,10H2,1-2H3. The van der Waals surface area contributed by atoms with Crippen LogP contribution in [0.1, 0.15) is 24.1 Å². The van der Waals surface area contributed by atoms with Gasteiger partial charge in [0.1, 0.15) is 17.2 Å². The van der Waals surface area contributed by atoms with Crippen molar-refractivity contribution < 1.29 is 9.84 Å². The molecule has 0 saturated heterocycles. The molecule has 0 unspecified atom stereocenters. The first kappa shape index (κ1) is 13.0. The molecular weight excluding hydrogens is 250 g/mol. The molecule has 1 N–H and O–H groups in total. The van der Waals surface area contributed by atoms with Crippen LogP contribution in [0, 0.1) is 19.8 Å². The van der Waals surface area contributed by atoms with Gasteiger partial charge in [-0.15, -0.1) is 0 Å². The van der Waals surface area contributed by atoms with Crippen molar-refractivity contribution in [1.82, 2.24) is 4.98 Å². The van der Waals surface area contributed by atoms with E-state index in [0.29, 0.717) is 5.92 Å². The van der Waals surface area contributed by atoms with Crippen molar-refractivity contribution in [2.24, 2.45) is 5.92 Å². The number of aromatic nitrogens is 1. The molecular formula is C17H19NO2. The first-order chi connectivity index (χ1) is 9.63. The molecule has 0 atom stereocenters. The molecule has 1 aliphatic carbocycles. The lowest BCUT2D eigenvalue weighted by molar-refractivity contribution is 0.300. The Kier molecular flexibility index (Phi) is 3.35. The number of phenols is 1. The van der Waals surface area contributed by atoms with Crippen LogP contribution in [-0.4, -0.2) is 16.7 Å². The second-order valence-corrected chi connectivity index (χ2v) is 5.57. The molecule has 1 saturated carbocycles. The van der Waals surface area contributed by atoms with E-state index in [2.05, 4.69) is 4.98 Å². The first-order valence-corrected chi connectivity index (χ1v) is 7.04. The number of nitrogens with zero attached hydrogens (tertiary/aromatic N) is 1. The highest BCUT2D eigenvalue weighted by Crippen LogP contribution is 2.36. The van der Waals surface area contributed by atoms with Crippen LogP contribution in [0.4, 0.5) is 0 Å². The van der Waals surface area contributed by atoms with Gasteiger partial charge in [-0.05, 0) is 56.9 Å². The monoisotopic (exact) mass is 269 g/mol. The maximum atomic E-state index is 10.1. The molecule has 0 radical (unpaired) electrons. The summed E-state index contributed by atoms with van der Waals surface area (Å²) in [5.74, 6) is 1.68. The van der Waals surface area contributed by atoms with E-state index in [-0.39, 0.29) is 5.75 Å². The minimum Gasteiger partial charge on any atom is -0.507 e. The Morgan fingerprint density at radius 3 is 2.75 bits per heavy atom. The number of hydrogen-bond donors (Lipinski definition) is 1. The van der Waals surface area contributed by atoms with Crippen molar-refractivity contribution in [3.05, 3.63) is 41.6 Å². The largest absolute Gasteiger partial charge is 0.507 e.